The Morgan fingerprint density at radius 2 is 1.82 bits per heavy atom. The summed E-state index contributed by atoms with van der Waals surface area (Å²) < 4.78 is 30.2. The van der Waals surface area contributed by atoms with Crippen LogP contribution in [-0.4, -0.2) is 45.4 Å². The van der Waals surface area contributed by atoms with Gasteiger partial charge in [-0.05, 0) is 37.4 Å². The van der Waals surface area contributed by atoms with Crippen LogP contribution in [0.25, 0.3) is 0 Å². The second-order valence-corrected chi connectivity index (χ2v) is 6.81. The number of benzene rings is 1. The normalized spacial score (nSPS) is 17.0. The van der Waals surface area contributed by atoms with Crippen LogP contribution in [0, 0.1) is 0 Å². The first-order chi connectivity index (χ1) is 10.5. The van der Waals surface area contributed by atoms with E-state index in [1.165, 1.54) is 25.1 Å². The van der Waals surface area contributed by atoms with Gasteiger partial charge in [-0.2, -0.15) is 0 Å². The highest BCUT2D eigenvalue weighted by Gasteiger charge is 2.23. The Morgan fingerprint density at radius 3 is 2.41 bits per heavy atom. The highest BCUT2D eigenvalue weighted by molar-refractivity contribution is 7.96. The van der Waals surface area contributed by atoms with E-state index < -0.39 is 15.6 Å². The summed E-state index contributed by atoms with van der Waals surface area (Å²) in [5.41, 5.74) is 0. The summed E-state index contributed by atoms with van der Waals surface area (Å²) in [6.45, 7) is 4.07. The lowest BCUT2D eigenvalue weighted by atomic mass is 10.3. The number of ketones is 1. The maximum absolute atomic E-state index is 12.5. The molecule has 0 atom stereocenters. The molecule has 0 radical (unpaired) electrons. The molecule has 1 aliphatic heterocycles. The van der Waals surface area contributed by atoms with Crippen LogP contribution in [-0.2, 0) is 19.4 Å². The van der Waals surface area contributed by atoms with Gasteiger partial charge in [-0.1, -0.05) is 18.2 Å². The molecule has 1 heterocycles. The first-order valence-electron chi connectivity index (χ1n) is 7.03. The topological polar surface area (TPSA) is 63.7 Å². The third kappa shape index (κ3) is 4.05. The minimum atomic E-state index is -3.79. The zero-order valence-corrected chi connectivity index (χ0v) is 13.3. The fourth-order valence-electron chi connectivity index (χ4n) is 2.10. The summed E-state index contributed by atoms with van der Waals surface area (Å²) in [4.78, 5) is 13.7. The molecule has 118 valence electrons. The molecule has 5 nitrogen and oxygen atoms in total. The van der Waals surface area contributed by atoms with Crippen molar-refractivity contribution in [2.75, 3.05) is 26.3 Å². The number of ether oxygens (including phenoxy) is 1. The van der Waals surface area contributed by atoms with Crippen molar-refractivity contribution in [1.29, 1.82) is 0 Å². The van der Waals surface area contributed by atoms with Crippen molar-refractivity contribution in [3.8, 4) is 0 Å². The summed E-state index contributed by atoms with van der Waals surface area (Å²) in [6, 6.07) is 7.96. The number of sulfone groups is 1. The predicted molar refractivity (Wildman–Crippen MR) is 83.9 cm³/mol. The van der Waals surface area contributed by atoms with Gasteiger partial charge in [0, 0.05) is 13.1 Å². The van der Waals surface area contributed by atoms with E-state index in [9.17, 15) is 13.2 Å². The number of carbonyl (C=O) groups is 1. The summed E-state index contributed by atoms with van der Waals surface area (Å²) in [5, 5.41) is 0. The van der Waals surface area contributed by atoms with Crippen LogP contribution >= 0.6 is 0 Å². The molecule has 0 spiro atoms. The van der Waals surface area contributed by atoms with Gasteiger partial charge in [0.2, 0.25) is 9.84 Å². The molecule has 1 aromatic carbocycles. The Kier molecular flexibility index (Phi) is 5.51. The summed E-state index contributed by atoms with van der Waals surface area (Å²) >= 11 is 0. The van der Waals surface area contributed by atoms with E-state index in [1.807, 2.05) is 4.90 Å². The number of nitrogens with zero attached hydrogens (tertiary/aromatic N) is 1. The lowest BCUT2D eigenvalue weighted by Crippen LogP contribution is -2.31. The molecule has 2 rings (SSSR count). The minimum absolute atomic E-state index is 0.122. The second kappa shape index (κ2) is 7.38. The third-order valence-electron chi connectivity index (χ3n) is 3.28. The number of carbonyl (C=O) groups excluding carboxylic acids is 1. The molecule has 0 aromatic heterocycles. The van der Waals surface area contributed by atoms with Gasteiger partial charge in [-0.25, -0.2) is 8.42 Å². The van der Waals surface area contributed by atoms with Gasteiger partial charge in [-0.3, -0.25) is 4.79 Å². The van der Waals surface area contributed by atoms with Crippen LogP contribution < -0.4 is 0 Å². The molecule has 0 unspecified atom stereocenters. The van der Waals surface area contributed by atoms with Gasteiger partial charge in [0.05, 0.1) is 18.1 Å². The smallest absolute Gasteiger partial charge is 0.210 e. The minimum Gasteiger partial charge on any atom is -0.378 e. The van der Waals surface area contributed by atoms with Crippen molar-refractivity contribution in [2.24, 2.45) is 0 Å². The standard InChI is InChI=1S/C16H19NO4S/c1-14(18)16(8-5-9-17-10-12-21-13-11-17)22(19,20)15-6-3-2-4-7-15/h2-9H,10-13H2,1H3. The molecule has 1 aromatic rings. The van der Waals surface area contributed by atoms with Crippen LogP contribution in [0.1, 0.15) is 6.92 Å². The quantitative estimate of drug-likeness (QED) is 0.611. The predicted octanol–water partition coefficient (Wildman–Crippen LogP) is 1.78. The van der Waals surface area contributed by atoms with Crippen LogP contribution in [0.15, 0.2) is 58.5 Å². The van der Waals surface area contributed by atoms with Crippen molar-refractivity contribution in [1.82, 2.24) is 4.90 Å². The van der Waals surface area contributed by atoms with Gasteiger partial charge >= 0.3 is 0 Å². The zero-order valence-electron chi connectivity index (χ0n) is 12.4. The van der Waals surface area contributed by atoms with Crippen molar-refractivity contribution >= 4 is 15.6 Å². The van der Waals surface area contributed by atoms with E-state index >= 15 is 0 Å². The largest absolute Gasteiger partial charge is 0.378 e. The molecule has 1 fully saturated rings. The van der Waals surface area contributed by atoms with Crippen molar-refractivity contribution in [2.45, 2.75) is 11.8 Å². The van der Waals surface area contributed by atoms with E-state index in [0.717, 1.165) is 13.1 Å². The Morgan fingerprint density at radius 1 is 1.18 bits per heavy atom. The van der Waals surface area contributed by atoms with Gasteiger partial charge in [0.1, 0.15) is 4.91 Å². The lowest BCUT2D eigenvalue weighted by Gasteiger charge is -2.24. The highest BCUT2D eigenvalue weighted by atomic mass is 32.2. The van der Waals surface area contributed by atoms with Gasteiger partial charge < -0.3 is 9.64 Å². The van der Waals surface area contributed by atoms with E-state index in [2.05, 4.69) is 0 Å². The fraction of sp³-hybridized carbons (Fsp3) is 0.312. The second-order valence-electron chi connectivity index (χ2n) is 4.89. The molecule has 0 N–H and O–H groups in total. The van der Waals surface area contributed by atoms with Crippen molar-refractivity contribution in [3.63, 3.8) is 0 Å². The first-order valence-corrected chi connectivity index (χ1v) is 8.51. The number of rotatable bonds is 5. The maximum atomic E-state index is 12.5. The van der Waals surface area contributed by atoms with Crippen molar-refractivity contribution in [3.05, 3.63) is 53.6 Å². The van der Waals surface area contributed by atoms with Gasteiger partial charge in [0.15, 0.2) is 5.78 Å². The van der Waals surface area contributed by atoms with E-state index in [4.69, 9.17) is 4.74 Å². The third-order valence-corrected chi connectivity index (χ3v) is 5.18. The molecular weight excluding hydrogens is 302 g/mol. The molecule has 1 saturated heterocycles. The molecule has 0 saturated carbocycles. The Labute approximate surface area is 130 Å². The average molecular weight is 321 g/mol. The summed E-state index contributed by atoms with van der Waals surface area (Å²) in [5.74, 6) is -0.476. The fourth-order valence-corrected chi connectivity index (χ4v) is 3.51. The SMILES string of the molecule is CC(=O)C(=CC=CN1CCOCC1)S(=O)(=O)c1ccccc1. The van der Waals surface area contributed by atoms with Gasteiger partial charge in [-0.15, -0.1) is 0 Å². The number of hydrogen-bond acceptors (Lipinski definition) is 5. The van der Waals surface area contributed by atoms with Crippen LogP contribution in [0.4, 0.5) is 0 Å². The molecule has 0 bridgehead atoms. The average Bonchev–Trinajstić information content (AvgIpc) is 2.53. The summed E-state index contributed by atoms with van der Waals surface area (Å²) in [7, 11) is -3.79. The van der Waals surface area contributed by atoms with Crippen LogP contribution in [0.5, 0.6) is 0 Å². The zero-order chi connectivity index (χ0) is 16.0. The number of allylic oxidation sites excluding steroid dienone is 3. The Balaban J connectivity index is 2.24. The van der Waals surface area contributed by atoms with Crippen LogP contribution in [0.3, 0.4) is 0 Å². The molecule has 0 aliphatic carbocycles. The van der Waals surface area contributed by atoms with Crippen LogP contribution in [0.2, 0.25) is 0 Å². The Bertz CT molecular complexity index is 671. The van der Waals surface area contributed by atoms with Crippen molar-refractivity contribution < 1.29 is 17.9 Å². The summed E-state index contributed by atoms with van der Waals surface area (Å²) in [6.07, 6.45) is 4.74. The first kappa shape index (κ1) is 16.5. The molecule has 22 heavy (non-hydrogen) atoms. The molecular formula is C16H19NO4S. The number of morpholine rings is 1. The van der Waals surface area contributed by atoms with E-state index in [1.54, 1.807) is 30.5 Å². The van der Waals surface area contributed by atoms with E-state index in [-0.39, 0.29) is 9.80 Å². The number of Topliss-reactive ketones (excluding diaryl/α,β-unsaturated/α-hetero) is 1. The lowest BCUT2D eigenvalue weighted by molar-refractivity contribution is -0.113. The Hall–Kier alpha value is -1.92. The molecule has 0 amide bonds. The van der Waals surface area contributed by atoms with Gasteiger partial charge in [0.25, 0.3) is 0 Å². The van der Waals surface area contributed by atoms with E-state index in [0.29, 0.717) is 13.2 Å². The number of hydrogen-bond donors (Lipinski definition) is 0. The monoisotopic (exact) mass is 321 g/mol. The molecule has 1 aliphatic rings. The highest BCUT2D eigenvalue weighted by Crippen LogP contribution is 2.19. The molecule has 6 heteroatoms. The maximum Gasteiger partial charge on any atom is 0.210 e.